The number of anilines is 1. The van der Waals surface area contributed by atoms with Crippen molar-refractivity contribution in [2.75, 3.05) is 18.4 Å². The average Bonchev–Trinajstić information content (AvgIpc) is 3.22. The molecule has 1 fully saturated rings. The average molecular weight is 328 g/mol. The summed E-state index contributed by atoms with van der Waals surface area (Å²) in [6.45, 7) is 3.25. The van der Waals surface area contributed by atoms with E-state index in [0.29, 0.717) is 18.7 Å². The number of aliphatic hydroxyl groups is 1. The highest BCUT2D eigenvalue weighted by molar-refractivity contribution is 5.92. The minimum absolute atomic E-state index is 0.0155. The lowest BCUT2D eigenvalue weighted by Crippen LogP contribution is -2.37. The Labute approximate surface area is 142 Å². The van der Waals surface area contributed by atoms with Crippen molar-refractivity contribution >= 4 is 11.6 Å². The number of carbonyl (C=O) groups is 1. The fourth-order valence-corrected chi connectivity index (χ4v) is 3.25. The largest absolute Gasteiger partial charge is 0.467 e. The van der Waals surface area contributed by atoms with Crippen molar-refractivity contribution in [1.82, 2.24) is 4.90 Å². The van der Waals surface area contributed by atoms with Gasteiger partial charge in [-0.25, -0.2) is 0 Å². The van der Waals surface area contributed by atoms with Crippen LogP contribution < -0.4 is 5.32 Å². The van der Waals surface area contributed by atoms with Crippen molar-refractivity contribution in [1.29, 1.82) is 0 Å². The molecule has 2 heterocycles. The van der Waals surface area contributed by atoms with Gasteiger partial charge in [-0.15, -0.1) is 0 Å². The van der Waals surface area contributed by atoms with E-state index in [9.17, 15) is 9.90 Å². The lowest BCUT2D eigenvalue weighted by atomic mass is 10.1. The van der Waals surface area contributed by atoms with E-state index >= 15 is 0 Å². The predicted molar refractivity (Wildman–Crippen MR) is 92.7 cm³/mol. The molecule has 1 amide bonds. The number of nitrogens with one attached hydrogen (secondary N) is 1. The summed E-state index contributed by atoms with van der Waals surface area (Å²) >= 11 is 0. The van der Waals surface area contributed by atoms with Crippen LogP contribution in [0.5, 0.6) is 0 Å². The van der Waals surface area contributed by atoms with E-state index in [2.05, 4.69) is 10.2 Å². The summed E-state index contributed by atoms with van der Waals surface area (Å²) in [6.07, 6.45) is 3.58. The Kier molecular flexibility index (Phi) is 5.33. The van der Waals surface area contributed by atoms with Gasteiger partial charge in [-0.3, -0.25) is 9.69 Å². The van der Waals surface area contributed by atoms with E-state index in [1.54, 1.807) is 18.4 Å². The number of hydrogen-bond acceptors (Lipinski definition) is 4. The first kappa shape index (κ1) is 16.7. The zero-order valence-electron chi connectivity index (χ0n) is 13.9. The highest BCUT2D eigenvalue weighted by atomic mass is 16.4. The van der Waals surface area contributed by atoms with Crippen LogP contribution in [0.2, 0.25) is 0 Å². The Hall–Kier alpha value is -2.11. The molecule has 3 rings (SSSR count). The molecule has 1 aromatic heterocycles. The van der Waals surface area contributed by atoms with E-state index in [0.717, 1.165) is 25.1 Å². The van der Waals surface area contributed by atoms with E-state index in [1.807, 2.05) is 31.2 Å². The van der Waals surface area contributed by atoms with Crippen LogP contribution in [0.4, 0.5) is 5.69 Å². The van der Waals surface area contributed by atoms with Gasteiger partial charge in [0.2, 0.25) is 5.91 Å². The number of nitrogens with zero attached hydrogens (tertiary/aromatic N) is 1. The summed E-state index contributed by atoms with van der Waals surface area (Å²) < 4.78 is 5.26. The molecule has 0 spiro atoms. The van der Waals surface area contributed by atoms with Gasteiger partial charge in [-0.1, -0.05) is 17.7 Å². The smallest absolute Gasteiger partial charge is 0.238 e. The molecule has 1 saturated heterocycles. The maximum Gasteiger partial charge on any atom is 0.238 e. The van der Waals surface area contributed by atoms with Gasteiger partial charge in [0.25, 0.3) is 0 Å². The Morgan fingerprint density at radius 3 is 2.88 bits per heavy atom. The number of benzene rings is 1. The number of aliphatic hydroxyl groups excluding tert-OH is 1. The molecule has 2 atom stereocenters. The molecule has 2 N–H and O–H groups in total. The topological polar surface area (TPSA) is 65.7 Å². The maximum absolute atomic E-state index is 12.3. The van der Waals surface area contributed by atoms with Crippen molar-refractivity contribution in [2.24, 2.45) is 0 Å². The van der Waals surface area contributed by atoms with E-state index < -0.39 is 6.10 Å². The Morgan fingerprint density at radius 2 is 2.17 bits per heavy atom. The lowest BCUT2D eigenvalue weighted by Gasteiger charge is -2.25. The van der Waals surface area contributed by atoms with Crippen LogP contribution in [0, 0.1) is 6.92 Å². The van der Waals surface area contributed by atoms with Crippen LogP contribution in [0.3, 0.4) is 0 Å². The number of likely N-dealkylation sites (tertiary alicyclic amines) is 1. The van der Waals surface area contributed by atoms with Gasteiger partial charge in [0.15, 0.2) is 0 Å². The van der Waals surface area contributed by atoms with E-state index in [-0.39, 0.29) is 11.9 Å². The van der Waals surface area contributed by atoms with Crippen LogP contribution in [-0.2, 0) is 4.79 Å². The molecular weight excluding hydrogens is 304 g/mol. The number of rotatable bonds is 6. The second-order valence-electron chi connectivity index (χ2n) is 6.45. The molecule has 0 radical (unpaired) electrons. The first-order valence-electron chi connectivity index (χ1n) is 8.44. The molecule has 24 heavy (non-hydrogen) atoms. The quantitative estimate of drug-likeness (QED) is 0.855. The minimum Gasteiger partial charge on any atom is -0.467 e. The molecule has 0 bridgehead atoms. The van der Waals surface area contributed by atoms with Crippen molar-refractivity contribution < 1.29 is 14.3 Å². The second-order valence-corrected chi connectivity index (χ2v) is 6.45. The number of carbonyl (C=O) groups excluding carboxylic acids is 1. The normalized spacial score (nSPS) is 19.3. The molecule has 1 aliphatic rings. The Balaban J connectivity index is 1.53. The molecule has 128 valence electrons. The monoisotopic (exact) mass is 328 g/mol. The van der Waals surface area contributed by atoms with Gasteiger partial charge in [0.1, 0.15) is 11.9 Å². The fourth-order valence-electron chi connectivity index (χ4n) is 3.25. The molecule has 1 aromatic carbocycles. The van der Waals surface area contributed by atoms with Crippen LogP contribution in [0.25, 0.3) is 0 Å². The van der Waals surface area contributed by atoms with Gasteiger partial charge in [0.05, 0.1) is 12.8 Å². The standard InChI is InChI=1S/C19H24N2O3/c1-14-6-8-15(9-7-14)20-19(23)13-21-10-2-4-16(21)12-17(22)18-5-3-11-24-18/h3,5-9,11,16-17,22H,2,4,10,12-13H2,1H3,(H,20,23). The van der Waals surface area contributed by atoms with Gasteiger partial charge in [-0.05, 0) is 57.0 Å². The van der Waals surface area contributed by atoms with Crippen molar-refractivity contribution in [3.8, 4) is 0 Å². The molecular formula is C19H24N2O3. The summed E-state index contributed by atoms with van der Waals surface area (Å²) in [4.78, 5) is 14.4. The second kappa shape index (κ2) is 7.64. The molecule has 0 saturated carbocycles. The summed E-state index contributed by atoms with van der Waals surface area (Å²) in [5.41, 5.74) is 1.98. The van der Waals surface area contributed by atoms with E-state index in [4.69, 9.17) is 4.42 Å². The molecule has 5 heteroatoms. The third-order valence-corrected chi connectivity index (χ3v) is 4.55. The zero-order chi connectivity index (χ0) is 16.9. The number of hydrogen-bond donors (Lipinski definition) is 2. The summed E-state index contributed by atoms with van der Waals surface area (Å²) in [6, 6.07) is 11.6. The van der Waals surface area contributed by atoms with E-state index in [1.165, 1.54) is 5.56 Å². The SMILES string of the molecule is Cc1ccc(NC(=O)CN2CCCC2CC(O)c2ccco2)cc1. The predicted octanol–water partition coefficient (Wildman–Crippen LogP) is 3.11. The molecule has 2 unspecified atom stereocenters. The lowest BCUT2D eigenvalue weighted by molar-refractivity contribution is -0.117. The van der Waals surface area contributed by atoms with Gasteiger partial charge < -0.3 is 14.8 Å². The third-order valence-electron chi connectivity index (χ3n) is 4.55. The van der Waals surface area contributed by atoms with Gasteiger partial charge >= 0.3 is 0 Å². The number of amides is 1. The highest BCUT2D eigenvalue weighted by Crippen LogP contribution is 2.27. The van der Waals surface area contributed by atoms with Crippen LogP contribution >= 0.6 is 0 Å². The Morgan fingerprint density at radius 1 is 1.38 bits per heavy atom. The molecule has 5 nitrogen and oxygen atoms in total. The first-order valence-corrected chi connectivity index (χ1v) is 8.44. The van der Waals surface area contributed by atoms with Crippen molar-refractivity contribution in [2.45, 2.75) is 38.3 Å². The number of aryl methyl sites for hydroxylation is 1. The summed E-state index contributed by atoms with van der Waals surface area (Å²) in [5.74, 6) is 0.573. The van der Waals surface area contributed by atoms with Gasteiger partial charge in [-0.2, -0.15) is 0 Å². The molecule has 1 aliphatic heterocycles. The minimum atomic E-state index is -0.620. The Bertz CT molecular complexity index is 652. The van der Waals surface area contributed by atoms with Crippen molar-refractivity contribution in [3.63, 3.8) is 0 Å². The van der Waals surface area contributed by atoms with Crippen LogP contribution in [0.1, 0.15) is 36.7 Å². The highest BCUT2D eigenvalue weighted by Gasteiger charge is 2.29. The number of furan rings is 1. The van der Waals surface area contributed by atoms with Crippen LogP contribution in [0.15, 0.2) is 47.1 Å². The first-order chi connectivity index (χ1) is 11.6. The third kappa shape index (κ3) is 4.24. The summed E-state index contributed by atoms with van der Waals surface area (Å²) in [7, 11) is 0. The van der Waals surface area contributed by atoms with Crippen LogP contribution in [-0.4, -0.2) is 35.0 Å². The fraction of sp³-hybridized carbons (Fsp3) is 0.421. The van der Waals surface area contributed by atoms with Gasteiger partial charge in [0, 0.05) is 11.7 Å². The molecule has 2 aromatic rings. The maximum atomic E-state index is 12.3. The molecule has 0 aliphatic carbocycles. The van der Waals surface area contributed by atoms with Crippen molar-refractivity contribution in [3.05, 3.63) is 54.0 Å². The summed E-state index contributed by atoms with van der Waals surface area (Å²) in [5, 5.41) is 13.2. The zero-order valence-corrected chi connectivity index (χ0v) is 13.9.